The van der Waals surface area contributed by atoms with Crippen LogP contribution in [-0.4, -0.2) is 37.7 Å². The number of Topliss-reactive ketones (excluding diaryl/α,β-unsaturated/α-hetero) is 1. The molecule has 0 saturated heterocycles. The third-order valence-electron chi connectivity index (χ3n) is 4.22. The summed E-state index contributed by atoms with van der Waals surface area (Å²) in [6.45, 7) is 7.49. The van der Waals surface area contributed by atoms with Gasteiger partial charge in [-0.3, -0.25) is 4.79 Å². The highest BCUT2D eigenvalue weighted by molar-refractivity contribution is 6.06. The van der Waals surface area contributed by atoms with Crippen LogP contribution in [0.5, 0.6) is 0 Å². The Labute approximate surface area is 122 Å². The minimum absolute atomic E-state index is 0.228. The van der Waals surface area contributed by atoms with Gasteiger partial charge >= 0.3 is 5.66 Å². The van der Waals surface area contributed by atoms with E-state index in [2.05, 4.69) is 0 Å². The molecule has 0 radical (unpaired) electrons. The van der Waals surface area contributed by atoms with Crippen molar-refractivity contribution in [1.82, 2.24) is 5.06 Å². The predicted octanol–water partition coefficient (Wildman–Crippen LogP) is 2.22. The highest BCUT2D eigenvalue weighted by Gasteiger charge is 2.62. The van der Waals surface area contributed by atoms with Crippen LogP contribution in [0.2, 0.25) is 0 Å². The van der Waals surface area contributed by atoms with Gasteiger partial charge in [0.1, 0.15) is 11.4 Å². The van der Waals surface area contributed by atoms with Gasteiger partial charge in [0, 0.05) is 19.4 Å². The summed E-state index contributed by atoms with van der Waals surface area (Å²) in [6, 6.07) is 4.29. The van der Waals surface area contributed by atoms with Gasteiger partial charge in [0.25, 0.3) is 0 Å². The lowest BCUT2D eigenvalue weighted by Gasteiger charge is -2.30. The molecule has 0 fully saturated rings. The number of halogens is 1. The number of ketones is 1. The average Bonchev–Trinajstić information content (AvgIpc) is 2.53. The van der Waals surface area contributed by atoms with Crippen molar-refractivity contribution in [3.63, 3.8) is 0 Å². The monoisotopic (exact) mass is 294 g/mol. The third-order valence-corrected chi connectivity index (χ3v) is 4.22. The first-order valence-electron chi connectivity index (χ1n) is 6.66. The molecule has 1 aromatic rings. The van der Waals surface area contributed by atoms with Crippen molar-refractivity contribution in [2.45, 2.75) is 45.8 Å². The van der Waals surface area contributed by atoms with Crippen molar-refractivity contribution in [2.75, 3.05) is 0 Å². The van der Waals surface area contributed by atoms with Crippen LogP contribution >= 0.6 is 0 Å². The van der Waals surface area contributed by atoms with Crippen molar-refractivity contribution in [1.29, 1.82) is 0 Å². The van der Waals surface area contributed by atoms with Gasteiger partial charge in [-0.15, -0.1) is 5.06 Å². The number of benzene rings is 1. The molecule has 1 aliphatic rings. The largest absolute Gasteiger partial charge is 0.622 e. The fourth-order valence-electron chi connectivity index (χ4n) is 2.75. The summed E-state index contributed by atoms with van der Waals surface area (Å²) in [5, 5.41) is 23.8. The molecule has 21 heavy (non-hydrogen) atoms. The lowest BCUT2D eigenvalue weighted by atomic mass is 9.91. The van der Waals surface area contributed by atoms with Gasteiger partial charge in [-0.2, -0.15) is 4.74 Å². The van der Waals surface area contributed by atoms with Gasteiger partial charge in [-0.1, -0.05) is 0 Å². The summed E-state index contributed by atoms with van der Waals surface area (Å²) in [6.07, 6.45) is 0. The van der Waals surface area contributed by atoms with Crippen molar-refractivity contribution >= 4 is 11.5 Å². The number of hydrogen-bond acceptors (Lipinski definition) is 4. The van der Waals surface area contributed by atoms with Gasteiger partial charge < -0.3 is 10.4 Å². The maximum Gasteiger partial charge on any atom is 0.307 e. The number of aryl methyl sites for hydroxylation is 1. The zero-order valence-corrected chi connectivity index (χ0v) is 12.8. The SMILES string of the molecule is CC(=O)C1(C)N(O)C(C)(C)C(c2ccc(F)c(C)c2)=[N+]1[O-]. The first kappa shape index (κ1) is 15.6. The molecule has 1 heterocycles. The lowest BCUT2D eigenvalue weighted by molar-refractivity contribution is -0.565. The summed E-state index contributed by atoms with van der Waals surface area (Å²) in [7, 11) is 0. The Kier molecular flexibility index (Phi) is 3.42. The number of hydrogen-bond donors (Lipinski definition) is 1. The zero-order chi connectivity index (χ0) is 16.2. The van der Waals surface area contributed by atoms with E-state index in [1.54, 1.807) is 20.8 Å². The molecule has 6 heteroatoms. The van der Waals surface area contributed by atoms with E-state index in [4.69, 9.17) is 0 Å². The first-order chi connectivity index (χ1) is 9.54. The van der Waals surface area contributed by atoms with E-state index in [0.717, 1.165) is 5.06 Å². The standard InChI is InChI=1S/C15H19FN2O3/c1-9-8-11(6-7-12(9)16)13-14(3,4)18(21)15(5,10(2)19)17(13)20/h6-8,21H,1-5H3. The molecule has 114 valence electrons. The van der Waals surface area contributed by atoms with E-state index in [9.17, 15) is 19.6 Å². The molecule has 1 aromatic carbocycles. The summed E-state index contributed by atoms with van der Waals surface area (Å²) in [5.74, 6) is -0.843. The number of hydroxylamine groups is 3. The first-order valence-corrected chi connectivity index (χ1v) is 6.66. The van der Waals surface area contributed by atoms with Gasteiger partial charge in [-0.05, 0) is 44.5 Å². The highest BCUT2D eigenvalue weighted by Crippen LogP contribution is 2.35. The van der Waals surface area contributed by atoms with Crippen LogP contribution in [0.1, 0.15) is 38.8 Å². The minimum atomic E-state index is -1.69. The Hall–Kier alpha value is -1.79. The molecule has 0 saturated carbocycles. The van der Waals surface area contributed by atoms with E-state index in [0.29, 0.717) is 15.9 Å². The van der Waals surface area contributed by atoms with Gasteiger partial charge in [0.2, 0.25) is 11.5 Å². The highest BCUT2D eigenvalue weighted by atomic mass is 19.1. The summed E-state index contributed by atoms with van der Waals surface area (Å²) in [4.78, 5) is 11.9. The quantitative estimate of drug-likeness (QED) is 0.671. The van der Waals surface area contributed by atoms with Crippen molar-refractivity contribution < 1.29 is 19.1 Å². The normalized spacial score (nSPS) is 25.5. The van der Waals surface area contributed by atoms with Crippen molar-refractivity contribution in [3.05, 3.63) is 40.4 Å². The Morgan fingerprint density at radius 2 is 1.95 bits per heavy atom. The molecular weight excluding hydrogens is 275 g/mol. The van der Waals surface area contributed by atoms with Crippen LogP contribution in [0.3, 0.4) is 0 Å². The van der Waals surface area contributed by atoms with E-state index in [1.807, 2.05) is 0 Å². The fraction of sp³-hybridized carbons (Fsp3) is 0.467. The molecule has 1 aliphatic heterocycles. The molecule has 1 atom stereocenters. The topological polar surface area (TPSA) is 66.6 Å². The number of carbonyl (C=O) groups is 1. The zero-order valence-electron chi connectivity index (χ0n) is 12.8. The Morgan fingerprint density at radius 1 is 1.38 bits per heavy atom. The van der Waals surface area contributed by atoms with Gasteiger partial charge in [0.05, 0.1) is 0 Å². The van der Waals surface area contributed by atoms with Gasteiger partial charge in [0.15, 0.2) is 0 Å². The van der Waals surface area contributed by atoms with Crippen molar-refractivity contribution in [2.24, 2.45) is 0 Å². The summed E-state index contributed by atoms with van der Waals surface area (Å²) in [5.41, 5.74) is -1.66. The molecule has 0 bridgehead atoms. The van der Waals surface area contributed by atoms with E-state index in [1.165, 1.54) is 32.0 Å². The number of nitrogens with zero attached hydrogens (tertiary/aromatic N) is 2. The molecule has 0 aromatic heterocycles. The summed E-state index contributed by atoms with van der Waals surface area (Å²) >= 11 is 0. The molecular formula is C15H19FN2O3. The lowest BCUT2D eigenvalue weighted by Crippen LogP contribution is -2.57. The van der Waals surface area contributed by atoms with Crippen LogP contribution in [0, 0.1) is 17.9 Å². The van der Waals surface area contributed by atoms with E-state index < -0.39 is 17.0 Å². The second-order valence-electron chi connectivity index (χ2n) is 6.05. The molecule has 1 unspecified atom stereocenters. The molecule has 2 rings (SSSR count). The fourth-order valence-corrected chi connectivity index (χ4v) is 2.75. The minimum Gasteiger partial charge on any atom is -0.622 e. The van der Waals surface area contributed by atoms with Crippen LogP contribution < -0.4 is 0 Å². The molecule has 0 amide bonds. The average molecular weight is 294 g/mol. The summed E-state index contributed by atoms with van der Waals surface area (Å²) < 4.78 is 13.9. The van der Waals surface area contributed by atoms with Crippen LogP contribution in [0.15, 0.2) is 18.2 Å². The van der Waals surface area contributed by atoms with Crippen LogP contribution in [0.4, 0.5) is 4.39 Å². The predicted molar refractivity (Wildman–Crippen MR) is 75.7 cm³/mol. The second kappa shape index (κ2) is 4.61. The van der Waals surface area contributed by atoms with Crippen LogP contribution in [-0.2, 0) is 4.79 Å². The van der Waals surface area contributed by atoms with Gasteiger partial charge in [-0.25, -0.2) is 4.39 Å². The Bertz CT molecular complexity index is 654. The molecule has 5 nitrogen and oxygen atoms in total. The third kappa shape index (κ3) is 1.98. The van der Waals surface area contributed by atoms with Crippen LogP contribution in [0.25, 0.3) is 0 Å². The second-order valence-corrected chi connectivity index (χ2v) is 6.05. The number of carbonyl (C=O) groups excluding carboxylic acids is 1. The van der Waals surface area contributed by atoms with Crippen molar-refractivity contribution in [3.8, 4) is 0 Å². The Morgan fingerprint density at radius 3 is 2.38 bits per heavy atom. The molecule has 0 spiro atoms. The van der Waals surface area contributed by atoms with E-state index >= 15 is 0 Å². The maximum atomic E-state index is 13.4. The molecule has 0 aliphatic carbocycles. The number of rotatable bonds is 2. The molecule has 1 N–H and O–H groups in total. The van der Waals surface area contributed by atoms with E-state index in [-0.39, 0.29) is 11.5 Å². The smallest absolute Gasteiger partial charge is 0.307 e. The maximum absolute atomic E-state index is 13.4. The Balaban J connectivity index is 2.72.